The number of hydrogen-bond donors (Lipinski definition) is 0. The van der Waals surface area contributed by atoms with Crippen molar-refractivity contribution in [3.63, 3.8) is 0 Å². The zero-order chi connectivity index (χ0) is 14.4. The molecule has 0 N–H and O–H groups in total. The fourth-order valence-electron chi connectivity index (χ4n) is 1.82. The number of anilines is 1. The van der Waals surface area contributed by atoms with Gasteiger partial charge < -0.3 is 4.90 Å². The number of rotatable bonds is 2. The van der Waals surface area contributed by atoms with E-state index < -0.39 is 40.2 Å². The van der Waals surface area contributed by atoms with Gasteiger partial charge in [-0.1, -0.05) is 23.2 Å². The third-order valence-corrected chi connectivity index (χ3v) is 4.69. The molecule has 0 radical (unpaired) electrons. The summed E-state index contributed by atoms with van der Waals surface area (Å²) in [7, 11) is -4.85. The number of benzene rings is 1. The average Bonchev–Trinajstić information content (AvgIpc) is 2.68. The van der Waals surface area contributed by atoms with Gasteiger partial charge in [0.2, 0.25) is 5.91 Å². The van der Waals surface area contributed by atoms with Crippen LogP contribution in [0, 0.1) is 5.82 Å². The lowest BCUT2D eigenvalue weighted by atomic mass is 10.3. The number of carbonyl (C=O) groups excluding carboxylic acids is 1. The van der Waals surface area contributed by atoms with E-state index in [0.29, 0.717) is 0 Å². The van der Waals surface area contributed by atoms with Crippen LogP contribution in [-0.2, 0) is 15.0 Å². The summed E-state index contributed by atoms with van der Waals surface area (Å²) in [6, 6.07) is 2.46. The average molecular weight is 330 g/mol. The predicted octanol–water partition coefficient (Wildman–Crippen LogP) is 2.54. The van der Waals surface area contributed by atoms with Crippen molar-refractivity contribution in [2.75, 3.05) is 11.4 Å². The molecule has 1 saturated heterocycles. The molecule has 1 amide bonds. The van der Waals surface area contributed by atoms with E-state index in [1.54, 1.807) is 0 Å². The summed E-state index contributed by atoms with van der Waals surface area (Å²) in [5, 5.41) is -1.91. The molecule has 0 saturated carbocycles. The molecule has 0 aliphatic carbocycles. The molecule has 0 bridgehead atoms. The highest BCUT2D eigenvalue weighted by Crippen LogP contribution is 2.34. The normalized spacial score (nSPS) is 20.1. The lowest BCUT2D eigenvalue weighted by Gasteiger charge is -2.17. The fourth-order valence-corrected chi connectivity index (χ4v) is 2.79. The molecule has 104 valence electrons. The van der Waals surface area contributed by atoms with Crippen molar-refractivity contribution < 1.29 is 21.5 Å². The van der Waals surface area contributed by atoms with Crippen molar-refractivity contribution in [3.8, 4) is 0 Å². The highest BCUT2D eigenvalue weighted by molar-refractivity contribution is 7.87. The van der Waals surface area contributed by atoms with Gasteiger partial charge in [-0.3, -0.25) is 4.79 Å². The van der Waals surface area contributed by atoms with Crippen molar-refractivity contribution in [3.05, 3.63) is 28.0 Å². The first-order valence-corrected chi connectivity index (χ1v) is 7.29. The van der Waals surface area contributed by atoms with Crippen molar-refractivity contribution in [2.45, 2.75) is 11.7 Å². The van der Waals surface area contributed by atoms with E-state index in [2.05, 4.69) is 0 Å². The molecule has 1 aliphatic rings. The van der Waals surface area contributed by atoms with Crippen LogP contribution in [0.4, 0.5) is 14.0 Å². The van der Waals surface area contributed by atoms with E-state index in [-0.39, 0.29) is 15.7 Å². The molecule has 9 heteroatoms. The summed E-state index contributed by atoms with van der Waals surface area (Å²) in [5.74, 6) is -1.64. The Kier molecular flexibility index (Phi) is 3.72. The van der Waals surface area contributed by atoms with Crippen LogP contribution in [0.1, 0.15) is 6.42 Å². The summed E-state index contributed by atoms with van der Waals surface area (Å²) in [4.78, 5) is 12.5. The zero-order valence-corrected chi connectivity index (χ0v) is 11.6. The Morgan fingerprint density at radius 3 is 2.47 bits per heavy atom. The second-order valence-corrected chi connectivity index (χ2v) is 6.40. The molecule has 1 fully saturated rings. The van der Waals surface area contributed by atoms with Gasteiger partial charge in [-0.25, -0.2) is 4.39 Å². The molecule has 0 aromatic heterocycles. The van der Waals surface area contributed by atoms with Crippen LogP contribution in [0.25, 0.3) is 0 Å². The quantitative estimate of drug-likeness (QED) is 0.619. The Labute approximate surface area is 118 Å². The summed E-state index contributed by atoms with van der Waals surface area (Å²) >= 11 is 11.2. The molecule has 19 heavy (non-hydrogen) atoms. The van der Waals surface area contributed by atoms with Gasteiger partial charge in [0, 0.05) is 13.0 Å². The Bertz CT molecular complexity index is 650. The highest BCUT2D eigenvalue weighted by Gasteiger charge is 2.40. The number of carbonyl (C=O) groups is 1. The van der Waals surface area contributed by atoms with Crippen molar-refractivity contribution in [2.24, 2.45) is 0 Å². The molecule has 1 heterocycles. The van der Waals surface area contributed by atoms with Crippen LogP contribution < -0.4 is 4.90 Å². The van der Waals surface area contributed by atoms with Gasteiger partial charge in [0.25, 0.3) is 0 Å². The van der Waals surface area contributed by atoms with Gasteiger partial charge in [0.15, 0.2) is 5.82 Å². The van der Waals surface area contributed by atoms with Crippen molar-refractivity contribution >= 4 is 45.0 Å². The molecule has 2 rings (SSSR count). The zero-order valence-electron chi connectivity index (χ0n) is 9.24. The summed E-state index contributed by atoms with van der Waals surface area (Å²) in [5.41, 5.74) is -0.217. The van der Waals surface area contributed by atoms with Crippen LogP contribution in [0.5, 0.6) is 0 Å². The number of halogens is 4. The summed E-state index contributed by atoms with van der Waals surface area (Å²) < 4.78 is 48.3. The maximum absolute atomic E-state index is 13.9. The number of nitrogens with zero attached hydrogens (tertiary/aromatic N) is 1. The molecular formula is C10H7Cl2F2NO3S. The Morgan fingerprint density at radius 2 is 1.95 bits per heavy atom. The van der Waals surface area contributed by atoms with Crippen LogP contribution in [-0.4, -0.2) is 26.1 Å². The second-order valence-electron chi connectivity index (χ2n) is 4.00. The monoisotopic (exact) mass is 329 g/mol. The minimum atomic E-state index is -4.85. The van der Waals surface area contributed by atoms with E-state index in [1.807, 2.05) is 0 Å². The highest BCUT2D eigenvalue weighted by atomic mass is 35.5. The van der Waals surface area contributed by atoms with Gasteiger partial charge in [0.05, 0.1) is 15.7 Å². The van der Waals surface area contributed by atoms with E-state index in [0.717, 1.165) is 4.90 Å². The molecule has 1 atom stereocenters. The first kappa shape index (κ1) is 14.5. The first-order valence-electron chi connectivity index (χ1n) is 5.09. The third kappa shape index (κ3) is 2.68. The van der Waals surface area contributed by atoms with Gasteiger partial charge >= 0.3 is 10.2 Å². The largest absolute Gasteiger partial charge is 0.308 e. The molecule has 1 aliphatic heterocycles. The predicted molar refractivity (Wildman–Crippen MR) is 67.2 cm³/mol. The molecule has 1 aromatic carbocycles. The van der Waals surface area contributed by atoms with Gasteiger partial charge in [-0.2, -0.15) is 8.42 Å². The van der Waals surface area contributed by atoms with Crippen LogP contribution in [0.15, 0.2) is 12.1 Å². The molecule has 4 nitrogen and oxygen atoms in total. The Balaban J connectivity index is 2.39. The molecule has 1 aromatic rings. The number of amides is 1. The van der Waals surface area contributed by atoms with Crippen molar-refractivity contribution in [1.29, 1.82) is 0 Å². The Morgan fingerprint density at radius 1 is 1.32 bits per heavy atom. The van der Waals surface area contributed by atoms with E-state index >= 15 is 0 Å². The molecule has 1 unspecified atom stereocenters. The lowest BCUT2D eigenvalue weighted by molar-refractivity contribution is -0.117. The minimum absolute atomic E-state index is 0.0378. The molecular weight excluding hydrogens is 323 g/mol. The van der Waals surface area contributed by atoms with Crippen molar-refractivity contribution in [1.82, 2.24) is 0 Å². The van der Waals surface area contributed by atoms with E-state index in [4.69, 9.17) is 23.2 Å². The fraction of sp³-hybridized carbons (Fsp3) is 0.300. The van der Waals surface area contributed by atoms with Crippen LogP contribution >= 0.6 is 23.2 Å². The van der Waals surface area contributed by atoms with Crippen LogP contribution in [0.3, 0.4) is 0 Å². The maximum Gasteiger partial charge on any atom is 0.307 e. The standard InChI is InChI=1S/C10H7Cl2F2NO3S/c11-6-1-2-7(10(13)9(6)12)15-4-5(3-8(15)16)19(14,17)18/h1-2,5H,3-4H2. The SMILES string of the molecule is O=C1CC(S(=O)(=O)F)CN1c1ccc(Cl)c(Cl)c1F. The topological polar surface area (TPSA) is 54.5 Å². The van der Waals surface area contributed by atoms with E-state index in [1.165, 1.54) is 12.1 Å². The van der Waals surface area contributed by atoms with Gasteiger partial charge in [-0.15, -0.1) is 3.89 Å². The summed E-state index contributed by atoms with van der Waals surface area (Å²) in [6.45, 7) is -0.452. The van der Waals surface area contributed by atoms with Gasteiger partial charge in [-0.05, 0) is 12.1 Å². The summed E-state index contributed by atoms with van der Waals surface area (Å²) in [6.07, 6.45) is -0.529. The number of hydrogen-bond acceptors (Lipinski definition) is 3. The van der Waals surface area contributed by atoms with Gasteiger partial charge in [0.1, 0.15) is 5.25 Å². The van der Waals surface area contributed by atoms with E-state index in [9.17, 15) is 21.5 Å². The maximum atomic E-state index is 13.9. The third-order valence-electron chi connectivity index (χ3n) is 2.79. The molecule has 0 spiro atoms. The first-order chi connectivity index (χ1) is 8.71. The smallest absolute Gasteiger partial charge is 0.307 e. The minimum Gasteiger partial charge on any atom is -0.308 e. The Hall–Kier alpha value is -0.920. The lowest BCUT2D eigenvalue weighted by Crippen LogP contribution is -2.27. The second kappa shape index (κ2) is 4.88. The van der Waals surface area contributed by atoms with Crippen LogP contribution in [0.2, 0.25) is 10.0 Å².